The zero-order valence-electron chi connectivity index (χ0n) is 12.9. The average molecular weight is 320 g/mol. The van der Waals surface area contributed by atoms with Crippen LogP contribution in [0.4, 0.5) is 0 Å². The molecule has 2 rings (SSSR count). The molecular weight excluding hydrogens is 298 g/mol. The minimum atomic E-state index is 0.114. The van der Waals surface area contributed by atoms with Gasteiger partial charge in [-0.2, -0.15) is 5.10 Å². The number of aliphatic hydroxyl groups excluding tert-OH is 1. The molecule has 5 heteroatoms. The molecule has 1 N–H and O–H groups in total. The molecule has 0 aliphatic carbocycles. The third kappa shape index (κ3) is 4.19. The fourth-order valence-electron chi connectivity index (χ4n) is 2.41. The van der Waals surface area contributed by atoms with E-state index in [0.29, 0.717) is 31.3 Å². The molecular formula is C17H22ClN3O. The maximum absolute atomic E-state index is 9.15. The lowest BCUT2D eigenvalue weighted by Crippen LogP contribution is -2.26. The second-order valence-corrected chi connectivity index (χ2v) is 5.60. The first-order valence-corrected chi connectivity index (χ1v) is 7.73. The first-order chi connectivity index (χ1) is 10.7. The van der Waals surface area contributed by atoms with Crippen LogP contribution in [0.2, 0.25) is 5.15 Å². The molecule has 0 aliphatic heterocycles. The van der Waals surface area contributed by atoms with E-state index in [-0.39, 0.29) is 6.61 Å². The van der Waals surface area contributed by atoms with Gasteiger partial charge in [0.15, 0.2) is 0 Å². The summed E-state index contributed by atoms with van der Waals surface area (Å²) in [6.45, 7) is 8.44. The van der Waals surface area contributed by atoms with Gasteiger partial charge in [-0.3, -0.25) is 4.90 Å². The summed E-state index contributed by atoms with van der Waals surface area (Å²) in [5.74, 6) is 0. The largest absolute Gasteiger partial charge is 0.395 e. The van der Waals surface area contributed by atoms with Gasteiger partial charge < -0.3 is 5.11 Å². The standard InChI is InChI=1S/C17H22ClN3O/c1-3-9-20(10-11-22)13-16-14(2)19-21(17(16)18)12-15-7-5-4-6-8-15/h3-8,22H,1,9-13H2,2H3. The number of aliphatic hydroxyl groups is 1. The van der Waals surface area contributed by atoms with Crippen molar-refractivity contribution in [2.75, 3.05) is 19.7 Å². The van der Waals surface area contributed by atoms with E-state index in [9.17, 15) is 0 Å². The number of benzene rings is 1. The smallest absolute Gasteiger partial charge is 0.132 e. The summed E-state index contributed by atoms with van der Waals surface area (Å²) in [5, 5.41) is 14.4. The maximum atomic E-state index is 9.15. The molecule has 0 radical (unpaired) electrons. The van der Waals surface area contributed by atoms with E-state index in [0.717, 1.165) is 16.8 Å². The Labute approximate surface area is 136 Å². The van der Waals surface area contributed by atoms with Crippen LogP contribution >= 0.6 is 11.6 Å². The van der Waals surface area contributed by atoms with Crippen molar-refractivity contribution in [1.29, 1.82) is 0 Å². The lowest BCUT2D eigenvalue weighted by molar-refractivity contribution is 0.203. The number of halogens is 1. The molecule has 22 heavy (non-hydrogen) atoms. The van der Waals surface area contributed by atoms with Gasteiger partial charge in [0.05, 0.1) is 18.8 Å². The predicted molar refractivity (Wildman–Crippen MR) is 90.1 cm³/mol. The molecule has 0 saturated heterocycles. The third-order valence-electron chi connectivity index (χ3n) is 3.54. The quantitative estimate of drug-likeness (QED) is 0.761. The van der Waals surface area contributed by atoms with Crippen LogP contribution in [-0.4, -0.2) is 39.5 Å². The SMILES string of the molecule is C=CCN(CCO)Cc1c(C)nn(Cc2ccccc2)c1Cl. The van der Waals surface area contributed by atoms with E-state index >= 15 is 0 Å². The van der Waals surface area contributed by atoms with E-state index in [4.69, 9.17) is 16.7 Å². The fraction of sp³-hybridized carbons (Fsp3) is 0.353. The zero-order chi connectivity index (χ0) is 15.9. The second kappa shape index (κ2) is 8.13. The Hall–Kier alpha value is -1.62. The minimum absolute atomic E-state index is 0.114. The summed E-state index contributed by atoms with van der Waals surface area (Å²) < 4.78 is 1.83. The van der Waals surface area contributed by atoms with Crippen LogP contribution in [-0.2, 0) is 13.1 Å². The average Bonchev–Trinajstić information content (AvgIpc) is 2.76. The molecule has 118 valence electrons. The first-order valence-electron chi connectivity index (χ1n) is 7.35. The Morgan fingerprint density at radius 3 is 2.73 bits per heavy atom. The van der Waals surface area contributed by atoms with Gasteiger partial charge in [-0.25, -0.2) is 4.68 Å². The van der Waals surface area contributed by atoms with Crippen molar-refractivity contribution < 1.29 is 5.11 Å². The number of rotatable bonds is 8. The number of aryl methyl sites for hydroxylation is 1. The van der Waals surface area contributed by atoms with Crippen molar-refractivity contribution in [3.8, 4) is 0 Å². The molecule has 0 aliphatic rings. The number of nitrogens with zero attached hydrogens (tertiary/aromatic N) is 3. The highest BCUT2D eigenvalue weighted by atomic mass is 35.5. The molecule has 2 aromatic rings. The van der Waals surface area contributed by atoms with E-state index < -0.39 is 0 Å². The second-order valence-electron chi connectivity index (χ2n) is 5.25. The summed E-state index contributed by atoms with van der Waals surface area (Å²) in [4.78, 5) is 2.09. The molecule has 0 saturated carbocycles. The molecule has 1 aromatic carbocycles. The molecule has 0 amide bonds. The number of hydrogen-bond donors (Lipinski definition) is 1. The van der Waals surface area contributed by atoms with Gasteiger partial charge in [-0.05, 0) is 12.5 Å². The number of aromatic nitrogens is 2. The van der Waals surface area contributed by atoms with E-state index in [1.807, 2.05) is 35.9 Å². The van der Waals surface area contributed by atoms with Crippen molar-refractivity contribution in [2.24, 2.45) is 0 Å². The van der Waals surface area contributed by atoms with Gasteiger partial charge >= 0.3 is 0 Å². The monoisotopic (exact) mass is 319 g/mol. The Morgan fingerprint density at radius 2 is 2.09 bits per heavy atom. The summed E-state index contributed by atoms with van der Waals surface area (Å²) in [5.41, 5.74) is 3.09. The van der Waals surface area contributed by atoms with Crippen molar-refractivity contribution in [2.45, 2.75) is 20.0 Å². The van der Waals surface area contributed by atoms with Crippen LogP contribution < -0.4 is 0 Å². The van der Waals surface area contributed by atoms with Crippen LogP contribution in [0.25, 0.3) is 0 Å². The van der Waals surface area contributed by atoms with Crippen molar-refractivity contribution in [1.82, 2.24) is 14.7 Å². The maximum Gasteiger partial charge on any atom is 0.132 e. The Bertz CT molecular complexity index is 610. The van der Waals surface area contributed by atoms with Crippen LogP contribution in [0.5, 0.6) is 0 Å². The van der Waals surface area contributed by atoms with Gasteiger partial charge in [-0.15, -0.1) is 6.58 Å². The molecule has 0 fully saturated rings. The van der Waals surface area contributed by atoms with Crippen LogP contribution in [0, 0.1) is 6.92 Å². The van der Waals surface area contributed by atoms with Gasteiger partial charge in [-0.1, -0.05) is 48.0 Å². The number of hydrogen-bond acceptors (Lipinski definition) is 3. The molecule has 0 spiro atoms. The summed E-state index contributed by atoms with van der Waals surface area (Å²) in [6, 6.07) is 10.1. The summed E-state index contributed by atoms with van der Waals surface area (Å²) in [7, 11) is 0. The highest BCUT2D eigenvalue weighted by molar-refractivity contribution is 6.30. The van der Waals surface area contributed by atoms with E-state index in [2.05, 4.69) is 28.7 Å². The van der Waals surface area contributed by atoms with Crippen molar-refractivity contribution in [3.05, 3.63) is 65.0 Å². The molecule has 1 aromatic heterocycles. The lowest BCUT2D eigenvalue weighted by Gasteiger charge is -2.19. The van der Waals surface area contributed by atoms with Gasteiger partial charge in [0.1, 0.15) is 5.15 Å². The molecule has 0 bridgehead atoms. The van der Waals surface area contributed by atoms with Crippen LogP contribution in [0.3, 0.4) is 0 Å². The lowest BCUT2D eigenvalue weighted by atomic mass is 10.2. The predicted octanol–water partition coefficient (Wildman–Crippen LogP) is 2.87. The van der Waals surface area contributed by atoms with Gasteiger partial charge in [0.25, 0.3) is 0 Å². The molecule has 1 heterocycles. The summed E-state index contributed by atoms with van der Waals surface area (Å²) in [6.07, 6.45) is 1.83. The first kappa shape index (κ1) is 16.7. The highest BCUT2D eigenvalue weighted by Crippen LogP contribution is 2.22. The summed E-state index contributed by atoms with van der Waals surface area (Å²) >= 11 is 6.51. The van der Waals surface area contributed by atoms with Gasteiger partial charge in [0, 0.05) is 25.2 Å². The zero-order valence-corrected chi connectivity index (χ0v) is 13.6. The molecule has 0 unspecified atom stereocenters. The van der Waals surface area contributed by atoms with E-state index in [1.54, 1.807) is 0 Å². The van der Waals surface area contributed by atoms with Crippen LogP contribution in [0.15, 0.2) is 43.0 Å². The Morgan fingerprint density at radius 1 is 1.36 bits per heavy atom. The Kier molecular flexibility index (Phi) is 6.19. The normalized spacial score (nSPS) is 11.1. The molecule has 4 nitrogen and oxygen atoms in total. The Balaban J connectivity index is 2.17. The third-order valence-corrected chi connectivity index (χ3v) is 3.97. The van der Waals surface area contributed by atoms with Crippen molar-refractivity contribution >= 4 is 11.6 Å². The van der Waals surface area contributed by atoms with Crippen LogP contribution in [0.1, 0.15) is 16.8 Å². The topological polar surface area (TPSA) is 41.3 Å². The molecule has 0 atom stereocenters. The van der Waals surface area contributed by atoms with Crippen molar-refractivity contribution in [3.63, 3.8) is 0 Å². The minimum Gasteiger partial charge on any atom is -0.395 e. The van der Waals surface area contributed by atoms with Gasteiger partial charge in [0.2, 0.25) is 0 Å². The van der Waals surface area contributed by atoms with E-state index in [1.165, 1.54) is 0 Å². The fourth-order valence-corrected chi connectivity index (χ4v) is 2.71. The highest BCUT2D eigenvalue weighted by Gasteiger charge is 2.16.